The van der Waals surface area contributed by atoms with Crippen LogP contribution >= 0.6 is 0 Å². The number of ether oxygens (including phenoxy) is 1. The van der Waals surface area contributed by atoms with E-state index in [9.17, 15) is 4.79 Å². The molecule has 1 aliphatic rings. The van der Waals surface area contributed by atoms with Gasteiger partial charge in [0.15, 0.2) is 0 Å². The van der Waals surface area contributed by atoms with Crippen LogP contribution in [0.4, 0.5) is 0 Å². The van der Waals surface area contributed by atoms with Gasteiger partial charge in [0.05, 0.1) is 12.2 Å². The number of nitrogens with zero attached hydrogens (tertiary/aromatic N) is 1. The van der Waals surface area contributed by atoms with Gasteiger partial charge < -0.3 is 4.74 Å². The molecule has 4 heteroatoms. The van der Waals surface area contributed by atoms with Crippen LogP contribution in [-0.4, -0.2) is 36.3 Å². The lowest BCUT2D eigenvalue weighted by Crippen LogP contribution is -2.39. The van der Waals surface area contributed by atoms with Crippen LogP contribution < -0.4 is 0 Å². The lowest BCUT2D eigenvalue weighted by Gasteiger charge is -2.27. The van der Waals surface area contributed by atoms with Crippen molar-refractivity contribution in [2.45, 2.75) is 39.2 Å². The van der Waals surface area contributed by atoms with Crippen molar-refractivity contribution in [3.8, 4) is 0 Å². The standard InChI is InChI=1S/C10H19NO3/c1-10(2,3)13-8-9(12)11-6-4-5-7-14-11/h4-8H2,1-3H3. The Morgan fingerprint density at radius 2 is 2.14 bits per heavy atom. The number of carbonyl (C=O) groups is 1. The summed E-state index contributed by atoms with van der Waals surface area (Å²) < 4.78 is 5.37. The van der Waals surface area contributed by atoms with E-state index in [1.807, 2.05) is 20.8 Å². The lowest BCUT2D eigenvalue weighted by molar-refractivity contribution is -0.203. The second kappa shape index (κ2) is 4.75. The highest BCUT2D eigenvalue weighted by atomic mass is 16.7. The summed E-state index contributed by atoms with van der Waals surface area (Å²) in [6.07, 6.45) is 2.05. The maximum absolute atomic E-state index is 11.5. The lowest BCUT2D eigenvalue weighted by atomic mass is 10.2. The molecule has 0 aromatic heterocycles. The molecule has 0 unspecified atom stereocenters. The van der Waals surface area contributed by atoms with Crippen LogP contribution in [0.25, 0.3) is 0 Å². The molecule has 82 valence electrons. The number of carbonyl (C=O) groups excluding carboxylic acids is 1. The summed E-state index contributed by atoms with van der Waals surface area (Å²) in [7, 11) is 0. The second-order valence-electron chi connectivity index (χ2n) is 4.44. The molecular formula is C10H19NO3. The zero-order valence-electron chi connectivity index (χ0n) is 9.21. The molecule has 0 atom stereocenters. The van der Waals surface area contributed by atoms with Gasteiger partial charge in [-0.05, 0) is 33.6 Å². The molecule has 1 saturated heterocycles. The van der Waals surface area contributed by atoms with Crippen LogP contribution in [0.5, 0.6) is 0 Å². The molecule has 1 amide bonds. The summed E-state index contributed by atoms with van der Waals surface area (Å²) in [5.74, 6) is -0.0837. The van der Waals surface area contributed by atoms with Crippen LogP contribution in [0.15, 0.2) is 0 Å². The third-order valence-corrected chi connectivity index (χ3v) is 1.91. The monoisotopic (exact) mass is 201 g/mol. The normalized spacial score (nSPS) is 18.4. The Balaban J connectivity index is 2.27. The molecule has 0 radical (unpaired) electrons. The predicted octanol–water partition coefficient (Wildman–Crippen LogP) is 1.36. The third-order valence-electron chi connectivity index (χ3n) is 1.91. The topological polar surface area (TPSA) is 38.8 Å². The summed E-state index contributed by atoms with van der Waals surface area (Å²) in [6, 6.07) is 0. The van der Waals surface area contributed by atoms with Gasteiger partial charge in [-0.2, -0.15) is 0 Å². The summed E-state index contributed by atoms with van der Waals surface area (Å²) >= 11 is 0. The molecular weight excluding hydrogens is 182 g/mol. The predicted molar refractivity (Wildman–Crippen MR) is 52.6 cm³/mol. The van der Waals surface area contributed by atoms with E-state index in [0.29, 0.717) is 13.2 Å². The van der Waals surface area contributed by atoms with Gasteiger partial charge in [-0.15, -0.1) is 0 Å². The smallest absolute Gasteiger partial charge is 0.272 e. The molecule has 4 nitrogen and oxygen atoms in total. The molecule has 1 rings (SSSR count). The average Bonchev–Trinajstić information content (AvgIpc) is 2.14. The van der Waals surface area contributed by atoms with Crippen molar-refractivity contribution in [1.29, 1.82) is 0 Å². The van der Waals surface area contributed by atoms with Crippen molar-refractivity contribution >= 4 is 5.91 Å². The van der Waals surface area contributed by atoms with Crippen LogP contribution in [0.3, 0.4) is 0 Å². The van der Waals surface area contributed by atoms with Crippen molar-refractivity contribution in [2.24, 2.45) is 0 Å². The van der Waals surface area contributed by atoms with E-state index in [0.717, 1.165) is 12.8 Å². The number of hydroxylamine groups is 2. The Kier molecular flexibility index (Phi) is 3.89. The molecule has 14 heavy (non-hydrogen) atoms. The minimum atomic E-state index is -0.272. The van der Waals surface area contributed by atoms with E-state index in [2.05, 4.69) is 0 Å². The summed E-state index contributed by atoms with van der Waals surface area (Å²) in [4.78, 5) is 16.7. The molecule has 0 aliphatic carbocycles. The van der Waals surface area contributed by atoms with Gasteiger partial charge in [0.25, 0.3) is 5.91 Å². The Hall–Kier alpha value is -0.610. The molecule has 0 N–H and O–H groups in total. The van der Waals surface area contributed by atoms with Crippen molar-refractivity contribution in [3.63, 3.8) is 0 Å². The molecule has 1 heterocycles. The summed E-state index contributed by atoms with van der Waals surface area (Å²) in [5, 5.41) is 1.41. The van der Waals surface area contributed by atoms with Gasteiger partial charge in [0, 0.05) is 6.54 Å². The first-order valence-corrected chi connectivity index (χ1v) is 5.06. The number of amides is 1. The number of hydrogen-bond acceptors (Lipinski definition) is 3. The van der Waals surface area contributed by atoms with Crippen LogP contribution in [-0.2, 0) is 14.4 Å². The fraction of sp³-hybridized carbons (Fsp3) is 0.900. The van der Waals surface area contributed by atoms with Crippen molar-refractivity contribution < 1.29 is 14.4 Å². The van der Waals surface area contributed by atoms with Gasteiger partial charge in [-0.3, -0.25) is 9.63 Å². The number of hydrogen-bond donors (Lipinski definition) is 0. The Morgan fingerprint density at radius 3 is 2.64 bits per heavy atom. The number of rotatable bonds is 2. The highest BCUT2D eigenvalue weighted by Gasteiger charge is 2.20. The second-order valence-corrected chi connectivity index (χ2v) is 4.44. The van der Waals surface area contributed by atoms with E-state index in [-0.39, 0.29) is 18.1 Å². The molecule has 0 aromatic rings. The van der Waals surface area contributed by atoms with Crippen LogP contribution in [0.2, 0.25) is 0 Å². The van der Waals surface area contributed by atoms with Gasteiger partial charge >= 0.3 is 0 Å². The van der Waals surface area contributed by atoms with Crippen molar-refractivity contribution in [3.05, 3.63) is 0 Å². The first-order chi connectivity index (χ1) is 6.49. The van der Waals surface area contributed by atoms with Crippen molar-refractivity contribution in [1.82, 2.24) is 5.06 Å². The maximum Gasteiger partial charge on any atom is 0.272 e. The zero-order chi connectivity index (χ0) is 10.6. The largest absolute Gasteiger partial charge is 0.366 e. The molecule has 0 bridgehead atoms. The Bertz CT molecular complexity index is 192. The minimum Gasteiger partial charge on any atom is -0.366 e. The maximum atomic E-state index is 11.5. The van der Waals surface area contributed by atoms with Gasteiger partial charge in [0.1, 0.15) is 6.61 Å². The van der Waals surface area contributed by atoms with Crippen LogP contribution in [0, 0.1) is 0 Å². The van der Waals surface area contributed by atoms with E-state index in [4.69, 9.17) is 9.57 Å². The molecule has 1 fully saturated rings. The molecule has 0 spiro atoms. The van der Waals surface area contributed by atoms with E-state index in [1.165, 1.54) is 5.06 Å². The zero-order valence-corrected chi connectivity index (χ0v) is 9.21. The Labute approximate surface area is 85.1 Å². The first kappa shape index (κ1) is 11.5. The van der Waals surface area contributed by atoms with E-state index >= 15 is 0 Å². The minimum absolute atomic E-state index is 0.0837. The van der Waals surface area contributed by atoms with Gasteiger partial charge in [-0.1, -0.05) is 0 Å². The van der Waals surface area contributed by atoms with Gasteiger partial charge in [0.2, 0.25) is 0 Å². The fourth-order valence-electron chi connectivity index (χ4n) is 1.14. The quantitative estimate of drug-likeness (QED) is 0.677. The summed E-state index contributed by atoms with van der Waals surface area (Å²) in [6.45, 7) is 7.21. The van der Waals surface area contributed by atoms with E-state index in [1.54, 1.807) is 0 Å². The SMILES string of the molecule is CC(C)(C)OCC(=O)N1CCCCO1. The highest BCUT2D eigenvalue weighted by molar-refractivity contribution is 5.76. The average molecular weight is 201 g/mol. The molecule has 1 aliphatic heterocycles. The van der Waals surface area contributed by atoms with Crippen LogP contribution in [0.1, 0.15) is 33.6 Å². The highest BCUT2D eigenvalue weighted by Crippen LogP contribution is 2.09. The van der Waals surface area contributed by atoms with Gasteiger partial charge in [-0.25, -0.2) is 5.06 Å². The van der Waals surface area contributed by atoms with E-state index < -0.39 is 0 Å². The molecule has 0 saturated carbocycles. The first-order valence-electron chi connectivity index (χ1n) is 5.06. The fourth-order valence-corrected chi connectivity index (χ4v) is 1.14. The van der Waals surface area contributed by atoms with Crippen molar-refractivity contribution in [2.75, 3.05) is 19.8 Å². The summed E-state index contributed by atoms with van der Waals surface area (Å²) in [5.41, 5.74) is -0.272. The Morgan fingerprint density at radius 1 is 1.43 bits per heavy atom. The molecule has 0 aromatic carbocycles. The third kappa shape index (κ3) is 4.07.